The maximum Gasteiger partial charge on any atom is 0.273 e. The van der Waals surface area contributed by atoms with Gasteiger partial charge in [0.15, 0.2) is 5.69 Å². The van der Waals surface area contributed by atoms with Crippen LogP contribution in [0.1, 0.15) is 46.9 Å². The van der Waals surface area contributed by atoms with Gasteiger partial charge in [-0.1, -0.05) is 18.2 Å². The van der Waals surface area contributed by atoms with E-state index in [-0.39, 0.29) is 18.3 Å². The largest absolute Gasteiger partial charge is 0.350 e. The van der Waals surface area contributed by atoms with Gasteiger partial charge in [-0.15, -0.1) is 28.8 Å². The Morgan fingerprint density at radius 1 is 1.48 bits per heavy atom. The number of aromatic nitrogens is 3. The highest BCUT2D eigenvalue weighted by molar-refractivity contribution is 7.09. The third kappa shape index (κ3) is 5.03. The molecule has 2 aromatic rings. The van der Waals surface area contributed by atoms with E-state index >= 15 is 0 Å². The summed E-state index contributed by atoms with van der Waals surface area (Å²) in [6.07, 6.45) is 3.05. The van der Waals surface area contributed by atoms with E-state index in [0.717, 1.165) is 38.0 Å². The standard InChI is InChI=1S/C17H25N5OS.ClH/c1-12(10-15-4-3-9-24-15)11-19-17(23)16-13(2)22(21-20-16)14-5-7-18-8-6-14;/h3-4,9,12,14,18H,5-8,10-11H2,1-2H3,(H,19,23);1H. The lowest BCUT2D eigenvalue weighted by atomic mass is 10.1. The molecule has 2 aromatic heterocycles. The van der Waals surface area contributed by atoms with E-state index in [2.05, 4.69) is 45.4 Å². The van der Waals surface area contributed by atoms with Gasteiger partial charge in [-0.25, -0.2) is 4.68 Å². The first kappa shape index (κ1) is 19.9. The van der Waals surface area contributed by atoms with E-state index in [9.17, 15) is 4.79 Å². The zero-order chi connectivity index (χ0) is 16.9. The fourth-order valence-electron chi connectivity index (χ4n) is 3.14. The van der Waals surface area contributed by atoms with Gasteiger partial charge in [-0.2, -0.15) is 0 Å². The van der Waals surface area contributed by atoms with Crippen molar-refractivity contribution in [3.8, 4) is 0 Å². The van der Waals surface area contributed by atoms with Crippen LogP contribution in [-0.4, -0.2) is 40.5 Å². The Kier molecular flexibility index (Phi) is 7.40. The molecule has 1 fully saturated rings. The monoisotopic (exact) mass is 383 g/mol. The van der Waals surface area contributed by atoms with Crippen molar-refractivity contribution in [2.24, 2.45) is 5.92 Å². The Balaban J connectivity index is 0.00000225. The molecule has 1 aliphatic heterocycles. The van der Waals surface area contributed by atoms with Gasteiger partial charge in [0.1, 0.15) is 0 Å². The van der Waals surface area contributed by atoms with Gasteiger partial charge in [0.05, 0.1) is 11.7 Å². The SMILES string of the molecule is Cc1c(C(=O)NCC(C)Cc2cccs2)nnn1C1CCNCC1.Cl. The molecular weight excluding hydrogens is 358 g/mol. The lowest BCUT2D eigenvalue weighted by molar-refractivity contribution is 0.0942. The molecule has 3 heterocycles. The van der Waals surface area contributed by atoms with Crippen LogP contribution in [0.2, 0.25) is 0 Å². The van der Waals surface area contributed by atoms with Gasteiger partial charge in [0.25, 0.3) is 5.91 Å². The van der Waals surface area contributed by atoms with E-state index in [1.807, 2.05) is 11.6 Å². The molecule has 0 aliphatic carbocycles. The van der Waals surface area contributed by atoms with Crippen LogP contribution in [0.15, 0.2) is 17.5 Å². The van der Waals surface area contributed by atoms with Crippen LogP contribution in [0.25, 0.3) is 0 Å². The van der Waals surface area contributed by atoms with Crippen LogP contribution in [0.4, 0.5) is 0 Å². The number of amides is 1. The molecule has 138 valence electrons. The Morgan fingerprint density at radius 3 is 2.92 bits per heavy atom. The van der Waals surface area contributed by atoms with Gasteiger partial charge < -0.3 is 10.6 Å². The molecule has 0 spiro atoms. The maximum atomic E-state index is 12.4. The summed E-state index contributed by atoms with van der Waals surface area (Å²) in [5.74, 6) is 0.276. The Labute approximate surface area is 158 Å². The minimum atomic E-state index is -0.120. The molecule has 1 aliphatic rings. The average Bonchev–Trinajstić information content (AvgIpc) is 3.23. The average molecular weight is 384 g/mol. The number of piperidine rings is 1. The number of nitrogens with one attached hydrogen (secondary N) is 2. The summed E-state index contributed by atoms with van der Waals surface area (Å²) in [7, 11) is 0. The van der Waals surface area contributed by atoms with Crippen molar-refractivity contribution in [1.82, 2.24) is 25.6 Å². The van der Waals surface area contributed by atoms with Crippen molar-refractivity contribution in [1.29, 1.82) is 0 Å². The fraction of sp³-hybridized carbons (Fsp3) is 0.588. The lowest BCUT2D eigenvalue weighted by Crippen LogP contribution is -2.31. The molecular formula is C17H26ClN5OS. The van der Waals surface area contributed by atoms with E-state index < -0.39 is 0 Å². The van der Waals surface area contributed by atoms with Gasteiger partial charge in [0, 0.05) is 11.4 Å². The highest BCUT2D eigenvalue weighted by Crippen LogP contribution is 2.20. The fourth-order valence-corrected chi connectivity index (χ4v) is 4.01. The first-order chi connectivity index (χ1) is 11.6. The van der Waals surface area contributed by atoms with E-state index in [4.69, 9.17) is 0 Å². The van der Waals surface area contributed by atoms with E-state index in [0.29, 0.717) is 24.2 Å². The van der Waals surface area contributed by atoms with E-state index in [1.54, 1.807) is 11.3 Å². The summed E-state index contributed by atoms with van der Waals surface area (Å²) < 4.78 is 1.92. The third-order valence-electron chi connectivity index (χ3n) is 4.54. The molecule has 0 aromatic carbocycles. The van der Waals surface area contributed by atoms with Crippen LogP contribution in [-0.2, 0) is 6.42 Å². The summed E-state index contributed by atoms with van der Waals surface area (Å²) in [5, 5.41) is 16.8. The first-order valence-corrected chi connectivity index (χ1v) is 9.46. The van der Waals surface area contributed by atoms with Crippen LogP contribution < -0.4 is 10.6 Å². The Bertz CT molecular complexity index is 667. The topological polar surface area (TPSA) is 71.8 Å². The highest BCUT2D eigenvalue weighted by atomic mass is 35.5. The number of nitrogens with zero attached hydrogens (tertiary/aromatic N) is 3. The molecule has 1 saturated heterocycles. The summed E-state index contributed by atoms with van der Waals surface area (Å²) in [4.78, 5) is 13.8. The van der Waals surface area contributed by atoms with Crippen molar-refractivity contribution < 1.29 is 4.79 Å². The lowest BCUT2D eigenvalue weighted by Gasteiger charge is -2.23. The Hall–Kier alpha value is -1.44. The first-order valence-electron chi connectivity index (χ1n) is 8.58. The van der Waals surface area contributed by atoms with Gasteiger partial charge in [-0.05, 0) is 56.6 Å². The normalized spacial score (nSPS) is 16.2. The number of thiophene rings is 1. The number of carbonyl (C=O) groups excluding carboxylic acids is 1. The third-order valence-corrected chi connectivity index (χ3v) is 5.44. The number of rotatable bonds is 6. The molecule has 25 heavy (non-hydrogen) atoms. The summed E-state index contributed by atoms with van der Waals surface area (Å²) in [6, 6.07) is 4.55. The minimum absolute atomic E-state index is 0. The summed E-state index contributed by atoms with van der Waals surface area (Å²) in [6.45, 7) is 6.72. The number of hydrogen-bond acceptors (Lipinski definition) is 5. The van der Waals surface area contributed by atoms with Crippen molar-refractivity contribution in [3.05, 3.63) is 33.8 Å². The van der Waals surface area contributed by atoms with Crippen molar-refractivity contribution >= 4 is 29.7 Å². The second-order valence-corrected chi connectivity index (χ2v) is 7.58. The maximum absolute atomic E-state index is 12.4. The van der Waals surface area contributed by atoms with Gasteiger partial charge >= 0.3 is 0 Å². The Morgan fingerprint density at radius 2 is 2.24 bits per heavy atom. The summed E-state index contributed by atoms with van der Waals surface area (Å²) in [5.41, 5.74) is 1.32. The molecule has 8 heteroatoms. The molecule has 0 radical (unpaired) electrons. The number of carbonyl (C=O) groups is 1. The zero-order valence-electron chi connectivity index (χ0n) is 14.7. The predicted octanol–water partition coefficient (Wildman–Crippen LogP) is 2.60. The van der Waals surface area contributed by atoms with Crippen molar-refractivity contribution in [2.45, 2.75) is 39.2 Å². The molecule has 2 N–H and O–H groups in total. The van der Waals surface area contributed by atoms with Crippen molar-refractivity contribution in [2.75, 3.05) is 19.6 Å². The molecule has 0 saturated carbocycles. The number of hydrogen-bond donors (Lipinski definition) is 2. The molecule has 6 nitrogen and oxygen atoms in total. The van der Waals surface area contributed by atoms with Crippen LogP contribution in [0.5, 0.6) is 0 Å². The second-order valence-electron chi connectivity index (χ2n) is 6.55. The predicted molar refractivity (Wildman–Crippen MR) is 103 cm³/mol. The van der Waals surface area contributed by atoms with Crippen LogP contribution in [0, 0.1) is 12.8 Å². The summed E-state index contributed by atoms with van der Waals surface area (Å²) >= 11 is 1.76. The highest BCUT2D eigenvalue weighted by Gasteiger charge is 2.23. The zero-order valence-corrected chi connectivity index (χ0v) is 16.3. The molecule has 1 unspecified atom stereocenters. The van der Waals surface area contributed by atoms with E-state index in [1.165, 1.54) is 4.88 Å². The quantitative estimate of drug-likeness (QED) is 0.804. The van der Waals surface area contributed by atoms with Gasteiger partial charge in [0.2, 0.25) is 0 Å². The number of halogens is 1. The van der Waals surface area contributed by atoms with Crippen LogP contribution in [0.3, 0.4) is 0 Å². The van der Waals surface area contributed by atoms with Gasteiger partial charge in [-0.3, -0.25) is 4.79 Å². The smallest absolute Gasteiger partial charge is 0.273 e. The minimum Gasteiger partial charge on any atom is -0.350 e. The molecule has 1 amide bonds. The van der Waals surface area contributed by atoms with Crippen LogP contribution >= 0.6 is 23.7 Å². The second kappa shape index (κ2) is 9.31. The van der Waals surface area contributed by atoms with Crippen molar-refractivity contribution in [3.63, 3.8) is 0 Å². The molecule has 1 atom stereocenters. The molecule has 3 rings (SSSR count). The molecule has 0 bridgehead atoms.